The van der Waals surface area contributed by atoms with Gasteiger partial charge < -0.3 is 14.8 Å². The number of rotatable bonds is 10. The van der Waals surface area contributed by atoms with Gasteiger partial charge in [-0.2, -0.15) is 0 Å². The Morgan fingerprint density at radius 3 is 2.23 bits per heavy atom. The molecule has 0 fully saturated rings. The second kappa shape index (κ2) is 10.3. The number of methoxy groups -OCH3 is 1. The second-order valence-electron chi connectivity index (χ2n) is 7.73. The first kappa shape index (κ1) is 22.6. The number of hydrogen-bond donors (Lipinski definition) is 1. The molecule has 2 aromatic rings. The van der Waals surface area contributed by atoms with Crippen LogP contribution in [-0.2, 0) is 14.3 Å². The quantitative estimate of drug-likeness (QED) is 0.456. The molecule has 0 radical (unpaired) electrons. The number of amides is 2. The summed E-state index contributed by atoms with van der Waals surface area (Å²) in [5.74, 6) is 0.125. The third-order valence-electron chi connectivity index (χ3n) is 5.01. The van der Waals surface area contributed by atoms with Crippen molar-refractivity contribution in [2.75, 3.05) is 32.2 Å². The lowest BCUT2D eigenvalue weighted by Gasteiger charge is -2.15. The molecule has 2 aromatic carbocycles. The minimum absolute atomic E-state index is 0.296. The molecule has 6 nitrogen and oxygen atoms in total. The predicted octanol–water partition coefficient (Wildman–Crippen LogP) is 4.32. The zero-order valence-corrected chi connectivity index (χ0v) is 18.7. The fourth-order valence-electron chi connectivity index (χ4n) is 3.66. The van der Waals surface area contributed by atoms with Gasteiger partial charge in [-0.25, -0.2) is 0 Å². The van der Waals surface area contributed by atoms with Gasteiger partial charge in [-0.05, 0) is 67.6 Å². The van der Waals surface area contributed by atoms with Gasteiger partial charge in [0.15, 0.2) is 0 Å². The number of benzene rings is 2. The standard InChI is InChI=1S/C25H30N2O4/c1-5-12-31-21-9-7-19(8-10-21)22-23(26-20-15-17(2)14-18(3)16-20)25(29)27(24(22)28)11-6-13-30-4/h7-10,14-16,26H,5-6,11-13H2,1-4H3. The maximum absolute atomic E-state index is 13.2. The third kappa shape index (κ3) is 5.33. The van der Waals surface area contributed by atoms with Crippen LogP contribution in [0.1, 0.15) is 36.5 Å². The molecule has 0 saturated carbocycles. The van der Waals surface area contributed by atoms with Crippen LogP contribution in [0.2, 0.25) is 0 Å². The topological polar surface area (TPSA) is 67.9 Å². The Kier molecular flexibility index (Phi) is 7.47. The molecule has 0 unspecified atom stereocenters. The van der Waals surface area contributed by atoms with Crippen molar-refractivity contribution in [2.45, 2.75) is 33.6 Å². The largest absolute Gasteiger partial charge is 0.494 e. The summed E-state index contributed by atoms with van der Waals surface area (Å²) in [5.41, 5.74) is 4.31. The van der Waals surface area contributed by atoms with Crippen LogP contribution in [0.4, 0.5) is 5.69 Å². The summed E-state index contributed by atoms with van der Waals surface area (Å²) >= 11 is 0. The number of carbonyl (C=O) groups excluding carboxylic acids is 2. The van der Waals surface area contributed by atoms with E-state index in [9.17, 15) is 9.59 Å². The Bertz CT molecular complexity index is 959. The Morgan fingerprint density at radius 2 is 1.61 bits per heavy atom. The van der Waals surface area contributed by atoms with Crippen molar-refractivity contribution < 1.29 is 19.1 Å². The molecule has 1 aliphatic rings. The highest BCUT2D eigenvalue weighted by molar-refractivity contribution is 6.36. The fraction of sp³-hybridized carbons (Fsp3) is 0.360. The minimum atomic E-state index is -0.318. The normalized spacial score (nSPS) is 13.9. The number of hydrogen-bond acceptors (Lipinski definition) is 5. The molecule has 0 aliphatic carbocycles. The fourth-order valence-corrected chi connectivity index (χ4v) is 3.66. The average molecular weight is 423 g/mol. The van der Waals surface area contributed by atoms with Gasteiger partial charge in [0.2, 0.25) is 0 Å². The number of imide groups is 1. The number of nitrogens with one attached hydrogen (secondary N) is 1. The van der Waals surface area contributed by atoms with E-state index in [1.807, 2.05) is 57.2 Å². The lowest BCUT2D eigenvalue weighted by molar-refractivity contribution is -0.136. The van der Waals surface area contributed by atoms with Crippen LogP contribution in [-0.4, -0.2) is 43.6 Å². The van der Waals surface area contributed by atoms with Gasteiger partial charge in [-0.1, -0.05) is 25.1 Å². The van der Waals surface area contributed by atoms with Crippen LogP contribution in [0.3, 0.4) is 0 Å². The van der Waals surface area contributed by atoms with Gasteiger partial charge in [0.05, 0.1) is 12.2 Å². The Hall–Kier alpha value is -3.12. The first-order valence-electron chi connectivity index (χ1n) is 10.6. The molecule has 0 atom stereocenters. The van der Waals surface area contributed by atoms with Crippen molar-refractivity contribution in [1.29, 1.82) is 0 Å². The maximum atomic E-state index is 13.2. The van der Waals surface area contributed by atoms with Crippen molar-refractivity contribution in [2.24, 2.45) is 0 Å². The van der Waals surface area contributed by atoms with Crippen LogP contribution in [0.15, 0.2) is 48.2 Å². The first-order valence-corrected chi connectivity index (χ1v) is 10.6. The summed E-state index contributed by atoms with van der Waals surface area (Å²) in [6.45, 7) is 7.47. The highest BCUT2D eigenvalue weighted by Gasteiger charge is 2.38. The lowest BCUT2D eigenvalue weighted by Crippen LogP contribution is -2.33. The average Bonchev–Trinajstić information content (AvgIpc) is 2.96. The molecular formula is C25H30N2O4. The van der Waals surface area contributed by atoms with Crippen LogP contribution in [0, 0.1) is 13.8 Å². The van der Waals surface area contributed by atoms with E-state index in [-0.39, 0.29) is 11.8 Å². The highest BCUT2D eigenvalue weighted by Crippen LogP contribution is 2.32. The van der Waals surface area contributed by atoms with Crippen molar-refractivity contribution in [1.82, 2.24) is 4.90 Å². The van der Waals surface area contributed by atoms with Gasteiger partial charge in [-0.15, -0.1) is 0 Å². The molecule has 1 aliphatic heterocycles. The molecule has 6 heteroatoms. The number of nitrogens with zero attached hydrogens (tertiary/aromatic N) is 1. The van der Waals surface area contributed by atoms with Crippen molar-refractivity contribution in [3.8, 4) is 5.75 Å². The maximum Gasteiger partial charge on any atom is 0.278 e. The Morgan fingerprint density at radius 1 is 0.935 bits per heavy atom. The van der Waals surface area contributed by atoms with Gasteiger partial charge in [0.25, 0.3) is 11.8 Å². The summed E-state index contributed by atoms with van der Waals surface area (Å²) in [7, 11) is 1.60. The van der Waals surface area contributed by atoms with Crippen LogP contribution >= 0.6 is 0 Å². The summed E-state index contributed by atoms with van der Waals surface area (Å²) in [6, 6.07) is 13.3. The van der Waals surface area contributed by atoms with Crippen LogP contribution < -0.4 is 10.1 Å². The molecule has 0 aromatic heterocycles. The molecular weight excluding hydrogens is 392 g/mol. The van der Waals surface area contributed by atoms with Crippen molar-refractivity contribution in [3.05, 3.63) is 64.9 Å². The van der Waals surface area contributed by atoms with Crippen LogP contribution in [0.25, 0.3) is 5.57 Å². The summed E-state index contributed by atoms with van der Waals surface area (Å²) in [4.78, 5) is 27.7. The van der Waals surface area contributed by atoms with Gasteiger partial charge in [0.1, 0.15) is 11.4 Å². The van der Waals surface area contributed by atoms with E-state index < -0.39 is 0 Å². The zero-order valence-electron chi connectivity index (χ0n) is 18.7. The molecule has 31 heavy (non-hydrogen) atoms. The van der Waals surface area contributed by atoms with E-state index in [1.165, 1.54) is 4.90 Å². The SMILES string of the molecule is CCCOc1ccc(C2=C(Nc3cc(C)cc(C)c3)C(=O)N(CCCOC)C2=O)cc1. The Balaban J connectivity index is 1.97. The van der Waals surface area contributed by atoms with Gasteiger partial charge in [-0.3, -0.25) is 14.5 Å². The molecule has 0 saturated heterocycles. The number of ether oxygens (including phenoxy) is 2. The second-order valence-corrected chi connectivity index (χ2v) is 7.73. The third-order valence-corrected chi connectivity index (χ3v) is 5.01. The number of carbonyl (C=O) groups is 2. The van der Waals surface area contributed by atoms with E-state index in [1.54, 1.807) is 7.11 Å². The summed E-state index contributed by atoms with van der Waals surface area (Å²) < 4.78 is 10.7. The lowest BCUT2D eigenvalue weighted by atomic mass is 10.0. The number of aryl methyl sites for hydroxylation is 2. The minimum Gasteiger partial charge on any atom is -0.494 e. The smallest absolute Gasteiger partial charge is 0.278 e. The summed E-state index contributed by atoms with van der Waals surface area (Å²) in [6.07, 6.45) is 1.50. The van der Waals surface area contributed by atoms with Gasteiger partial charge >= 0.3 is 0 Å². The van der Waals surface area contributed by atoms with Gasteiger partial charge in [0, 0.05) is 25.9 Å². The molecule has 0 spiro atoms. The first-order chi connectivity index (χ1) is 14.9. The van der Waals surface area contributed by atoms with E-state index >= 15 is 0 Å². The molecule has 164 valence electrons. The van der Waals surface area contributed by atoms with Crippen molar-refractivity contribution in [3.63, 3.8) is 0 Å². The molecule has 3 rings (SSSR count). The monoisotopic (exact) mass is 422 g/mol. The summed E-state index contributed by atoms with van der Waals surface area (Å²) in [5, 5.41) is 3.23. The predicted molar refractivity (Wildman–Crippen MR) is 122 cm³/mol. The highest BCUT2D eigenvalue weighted by atomic mass is 16.5. The molecule has 2 amide bonds. The zero-order chi connectivity index (χ0) is 22.4. The van der Waals surface area contributed by atoms with Crippen molar-refractivity contribution >= 4 is 23.1 Å². The van der Waals surface area contributed by atoms with E-state index in [0.717, 1.165) is 29.0 Å². The Labute approximate surface area is 183 Å². The molecule has 1 heterocycles. The molecule has 1 N–H and O–H groups in total. The van der Waals surface area contributed by atoms with Crippen LogP contribution in [0.5, 0.6) is 5.75 Å². The molecule has 0 bridgehead atoms. The van der Waals surface area contributed by atoms with E-state index in [2.05, 4.69) is 11.4 Å². The van der Waals surface area contributed by atoms with E-state index in [4.69, 9.17) is 9.47 Å². The van der Waals surface area contributed by atoms with E-state index in [0.29, 0.717) is 43.0 Å². The number of anilines is 1.